The van der Waals surface area contributed by atoms with Gasteiger partial charge in [0.25, 0.3) is 5.91 Å². The number of rotatable bonds is 6. The summed E-state index contributed by atoms with van der Waals surface area (Å²) < 4.78 is 13.1. The molecular weight excluding hydrogens is 458 g/mol. The Morgan fingerprint density at radius 1 is 1.21 bits per heavy atom. The summed E-state index contributed by atoms with van der Waals surface area (Å²) in [6.07, 6.45) is 1.82. The van der Waals surface area contributed by atoms with E-state index in [1.54, 1.807) is 7.05 Å². The topological polar surface area (TPSA) is 38.8 Å². The van der Waals surface area contributed by atoms with Gasteiger partial charge in [-0.1, -0.05) is 53.8 Å². The van der Waals surface area contributed by atoms with Crippen LogP contribution < -0.4 is 9.47 Å². The van der Waals surface area contributed by atoms with Gasteiger partial charge in [0.15, 0.2) is 11.5 Å². The highest BCUT2D eigenvalue weighted by Crippen LogP contribution is 2.39. The summed E-state index contributed by atoms with van der Waals surface area (Å²) >= 11 is 10.1. The first-order valence-electron chi connectivity index (χ1n) is 8.75. The third kappa shape index (κ3) is 4.77. The highest BCUT2D eigenvalue weighted by atomic mass is 79.9. The van der Waals surface area contributed by atoms with Gasteiger partial charge in [-0.05, 0) is 59.1 Å². The molecule has 1 saturated heterocycles. The lowest BCUT2D eigenvalue weighted by Gasteiger charge is -2.15. The summed E-state index contributed by atoms with van der Waals surface area (Å²) in [6.45, 7) is 4.92. The Kier molecular flexibility index (Phi) is 6.80. The number of thioether (sulfide) groups is 1. The van der Waals surface area contributed by atoms with Gasteiger partial charge in [-0.2, -0.15) is 0 Å². The van der Waals surface area contributed by atoms with Crippen LogP contribution in [-0.4, -0.2) is 28.8 Å². The van der Waals surface area contributed by atoms with Crippen LogP contribution in [0.4, 0.5) is 0 Å². The van der Waals surface area contributed by atoms with Crippen LogP contribution in [0.25, 0.3) is 6.08 Å². The van der Waals surface area contributed by atoms with E-state index in [1.807, 2.05) is 37.3 Å². The molecule has 1 aliphatic heterocycles. The van der Waals surface area contributed by atoms with Crippen molar-refractivity contribution in [2.75, 3.05) is 13.7 Å². The van der Waals surface area contributed by atoms with Gasteiger partial charge in [-0.15, -0.1) is 0 Å². The molecule has 0 aromatic heterocycles. The van der Waals surface area contributed by atoms with Gasteiger partial charge in [0.05, 0.1) is 16.0 Å². The normalized spacial score (nSPS) is 15.4. The van der Waals surface area contributed by atoms with E-state index in [-0.39, 0.29) is 5.91 Å². The molecule has 146 valence electrons. The number of thiocarbonyl (C=S) groups is 1. The van der Waals surface area contributed by atoms with Gasteiger partial charge in [-0.3, -0.25) is 9.69 Å². The van der Waals surface area contributed by atoms with E-state index in [0.717, 1.165) is 15.6 Å². The average Bonchev–Trinajstić information content (AvgIpc) is 2.89. The molecule has 0 spiro atoms. The van der Waals surface area contributed by atoms with Gasteiger partial charge < -0.3 is 9.47 Å². The zero-order chi connectivity index (χ0) is 20.3. The summed E-state index contributed by atoms with van der Waals surface area (Å²) in [5.41, 5.74) is 3.13. The minimum absolute atomic E-state index is 0.0937. The molecule has 1 fully saturated rings. The smallest absolute Gasteiger partial charge is 0.265 e. The maximum Gasteiger partial charge on any atom is 0.265 e. The number of ether oxygens (including phenoxy) is 2. The number of hydrogen-bond acceptors (Lipinski definition) is 5. The van der Waals surface area contributed by atoms with Gasteiger partial charge >= 0.3 is 0 Å². The lowest BCUT2D eigenvalue weighted by Crippen LogP contribution is -2.22. The number of hydrogen-bond donors (Lipinski definition) is 0. The van der Waals surface area contributed by atoms with E-state index in [0.29, 0.717) is 33.9 Å². The van der Waals surface area contributed by atoms with E-state index in [2.05, 4.69) is 35.0 Å². The Balaban J connectivity index is 1.86. The number of carbonyl (C=O) groups excluding carboxylic acids is 1. The van der Waals surface area contributed by atoms with E-state index in [4.69, 9.17) is 21.7 Å². The number of halogens is 1. The van der Waals surface area contributed by atoms with Crippen molar-refractivity contribution in [2.24, 2.45) is 0 Å². The van der Waals surface area contributed by atoms with Crippen molar-refractivity contribution >= 4 is 56.2 Å². The van der Waals surface area contributed by atoms with Gasteiger partial charge in [0.2, 0.25) is 0 Å². The minimum atomic E-state index is -0.0937. The Labute approximate surface area is 183 Å². The number of carbonyl (C=O) groups is 1. The largest absolute Gasteiger partial charge is 0.490 e. The molecule has 7 heteroatoms. The molecule has 2 aromatic rings. The van der Waals surface area contributed by atoms with Crippen molar-refractivity contribution in [3.8, 4) is 11.5 Å². The zero-order valence-electron chi connectivity index (χ0n) is 15.8. The standard InChI is InChI=1S/C21H20BrNO3S2/c1-4-25-17-10-15(11-18-20(24)23(3)21(27)28-18)9-16(22)19(17)26-12-14-7-5-13(2)6-8-14/h5-11H,4,12H2,1-3H3/b18-11+. The van der Waals surface area contributed by atoms with Crippen LogP contribution in [0, 0.1) is 6.92 Å². The minimum Gasteiger partial charge on any atom is -0.490 e. The molecule has 2 aromatic carbocycles. The van der Waals surface area contributed by atoms with E-state index in [9.17, 15) is 4.79 Å². The molecular formula is C21H20BrNO3S2. The van der Waals surface area contributed by atoms with Crippen LogP contribution >= 0.6 is 39.9 Å². The number of amides is 1. The fraction of sp³-hybridized carbons (Fsp3) is 0.238. The molecule has 3 rings (SSSR count). The molecule has 0 radical (unpaired) electrons. The highest BCUT2D eigenvalue weighted by molar-refractivity contribution is 9.10. The maximum atomic E-state index is 12.2. The van der Waals surface area contributed by atoms with E-state index < -0.39 is 0 Å². The average molecular weight is 478 g/mol. The first-order valence-corrected chi connectivity index (χ1v) is 10.8. The van der Waals surface area contributed by atoms with Crippen molar-refractivity contribution in [2.45, 2.75) is 20.5 Å². The second-order valence-electron chi connectivity index (χ2n) is 6.28. The molecule has 0 bridgehead atoms. The van der Waals surface area contributed by atoms with Crippen LogP contribution in [0.1, 0.15) is 23.6 Å². The van der Waals surface area contributed by atoms with E-state index in [1.165, 1.54) is 22.2 Å². The molecule has 0 saturated carbocycles. The summed E-state index contributed by atoms with van der Waals surface area (Å²) in [6, 6.07) is 12.0. The fourth-order valence-corrected chi connectivity index (χ4v) is 4.36. The Bertz CT molecular complexity index is 941. The van der Waals surface area contributed by atoms with Crippen LogP contribution in [0.5, 0.6) is 11.5 Å². The molecule has 4 nitrogen and oxygen atoms in total. The molecule has 0 N–H and O–H groups in total. The molecule has 28 heavy (non-hydrogen) atoms. The predicted molar refractivity (Wildman–Crippen MR) is 122 cm³/mol. The number of nitrogens with zero attached hydrogens (tertiary/aromatic N) is 1. The number of benzene rings is 2. The Morgan fingerprint density at radius 2 is 1.93 bits per heavy atom. The lowest BCUT2D eigenvalue weighted by molar-refractivity contribution is -0.121. The van der Waals surface area contributed by atoms with Crippen LogP contribution in [-0.2, 0) is 11.4 Å². The molecule has 1 amide bonds. The Hall–Kier alpha value is -1.83. The first-order chi connectivity index (χ1) is 13.4. The van der Waals surface area contributed by atoms with Crippen LogP contribution in [0.15, 0.2) is 45.8 Å². The monoisotopic (exact) mass is 477 g/mol. The van der Waals surface area contributed by atoms with Crippen molar-refractivity contribution in [1.29, 1.82) is 0 Å². The first kappa shape index (κ1) is 20.9. The van der Waals surface area contributed by atoms with Crippen LogP contribution in [0.3, 0.4) is 0 Å². The third-order valence-corrected chi connectivity index (χ3v) is 6.19. The summed E-state index contributed by atoms with van der Waals surface area (Å²) in [4.78, 5) is 14.3. The summed E-state index contributed by atoms with van der Waals surface area (Å²) in [7, 11) is 1.68. The SMILES string of the molecule is CCOc1cc(/C=C2/SC(=S)N(C)C2=O)cc(Br)c1OCc1ccc(C)cc1. The molecule has 1 heterocycles. The van der Waals surface area contributed by atoms with Crippen molar-refractivity contribution in [1.82, 2.24) is 4.90 Å². The highest BCUT2D eigenvalue weighted by Gasteiger charge is 2.28. The molecule has 0 atom stereocenters. The van der Waals surface area contributed by atoms with Crippen molar-refractivity contribution < 1.29 is 14.3 Å². The van der Waals surface area contributed by atoms with Gasteiger partial charge in [-0.25, -0.2) is 0 Å². The van der Waals surface area contributed by atoms with Gasteiger partial charge in [0.1, 0.15) is 10.9 Å². The number of aryl methyl sites for hydroxylation is 1. The molecule has 1 aliphatic rings. The van der Waals surface area contributed by atoms with Crippen molar-refractivity contribution in [3.63, 3.8) is 0 Å². The fourth-order valence-electron chi connectivity index (χ4n) is 2.61. The molecule has 0 unspecified atom stereocenters. The summed E-state index contributed by atoms with van der Waals surface area (Å²) in [5, 5.41) is 0. The predicted octanol–water partition coefficient (Wildman–Crippen LogP) is 5.57. The molecule has 0 aliphatic carbocycles. The Morgan fingerprint density at radius 3 is 2.54 bits per heavy atom. The van der Waals surface area contributed by atoms with Gasteiger partial charge in [0, 0.05) is 7.05 Å². The second-order valence-corrected chi connectivity index (χ2v) is 8.81. The number of likely N-dealkylation sites (N-methyl/N-ethyl adjacent to an activating group) is 1. The van der Waals surface area contributed by atoms with Crippen molar-refractivity contribution in [3.05, 3.63) is 62.5 Å². The van der Waals surface area contributed by atoms with Crippen LogP contribution in [0.2, 0.25) is 0 Å². The lowest BCUT2D eigenvalue weighted by atomic mass is 10.1. The summed E-state index contributed by atoms with van der Waals surface area (Å²) in [5.74, 6) is 1.17. The third-order valence-electron chi connectivity index (χ3n) is 4.12. The maximum absolute atomic E-state index is 12.2. The zero-order valence-corrected chi connectivity index (χ0v) is 19.0. The second kappa shape index (κ2) is 9.11. The quantitative estimate of drug-likeness (QED) is 0.401. The van der Waals surface area contributed by atoms with E-state index >= 15 is 0 Å².